The highest BCUT2D eigenvalue weighted by Crippen LogP contribution is 2.17. The van der Waals surface area contributed by atoms with E-state index in [0.29, 0.717) is 30.9 Å². The fourth-order valence-corrected chi connectivity index (χ4v) is 1.91. The number of ether oxygens (including phenoxy) is 1. The lowest BCUT2D eigenvalue weighted by molar-refractivity contribution is 0.0267. The lowest BCUT2D eigenvalue weighted by Crippen LogP contribution is -2.40. The van der Waals surface area contributed by atoms with E-state index in [4.69, 9.17) is 16.2 Å². The summed E-state index contributed by atoms with van der Waals surface area (Å²) in [6.07, 6.45) is 3.65. The molecule has 6 heteroatoms. The summed E-state index contributed by atoms with van der Waals surface area (Å²) in [5.74, 6) is 0. The molecule has 4 N–H and O–H groups in total. The zero-order chi connectivity index (χ0) is 15.3. The third-order valence-electron chi connectivity index (χ3n) is 2.84. The average molecular weight is 280 g/mol. The fraction of sp³-hybridized carbons (Fsp3) is 0.571. The maximum absolute atomic E-state index is 11.9. The van der Waals surface area contributed by atoms with Crippen molar-refractivity contribution in [2.75, 3.05) is 20.1 Å². The predicted octanol–water partition coefficient (Wildman–Crippen LogP) is 1.38. The van der Waals surface area contributed by atoms with Gasteiger partial charge in [-0.05, 0) is 32.8 Å². The summed E-state index contributed by atoms with van der Waals surface area (Å²) < 4.78 is 5.34. The summed E-state index contributed by atoms with van der Waals surface area (Å²) in [5, 5.41) is 0. The van der Waals surface area contributed by atoms with Gasteiger partial charge in [-0.3, -0.25) is 4.99 Å². The van der Waals surface area contributed by atoms with Crippen molar-refractivity contribution in [2.24, 2.45) is 16.5 Å². The van der Waals surface area contributed by atoms with Gasteiger partial charge in [0, 0.05) is 26.3 Å². The Morgan fingerprint density at radius 3 is 2.55 bits per heavy atom. The normalized spacial score (nSPS) is 17.8. The van der Waals surface area contributed by atoms with Gasteiger partial charge in [0.2, 0.25) is 0 Å². The highest BCUT2D eigenvalue weighted by atomic mass is 16.6. The van der Waals surface area contributed by atoms with Crippen LogP contribution in [0.15, 0.2) is 28.5 Å². The van der Waals surface area contributed by atoms with Crippen LogP contribution in [-0.4, -0.2) is 42.4 Å². The molecular weight excluding hydrogens is 256 g/mol. The van der Waals surface area contributed by atoms with Crippen molar-refractivity contribution in [3.05, 3.63) is 23.5 Å². The van der Waals surface area contributed by atoms with E-state index >= 15 is 0 Å². The summed E-state index contributed by atoms with van der Waals surface area (Å²) in [4.78, 5) is 17.7. The van der Waals surface area contributed by atoms with Crippen molar-refractivity contribution >= 4 is 11.8 Å². The Bertz CT molecular complexity index is 458. The molecule has 1 aliphatic rings. The van der Waals surface area contributed by atoms with Crippen molar-refractivity contribution in [2.45, 2.75) is 32.8 Å². The van der Waals surface area contributed by atoms with Crippen LogP contribution in [0.2, 0.25) is 0 Å². The van der Waals surface area contributed by atoms with E-state index in [1.807, 2.05) is 26.8 Å². The molecule has 0 aromatic rings. The first kappa shape index (κ1) is 16.1. The van der Waals surface area contributed by atoms with Gasteiger partial charge in [0.1, 0.15) is 5.60 Å². The number of hydrogen-bond acceptors (Lipinski definition) is 5. The van der Waals surface area contributed by atoms with Crippen LogP contribution >= 0.6 is 0 Å². The van der Waals surface area contributed by atoms with Gasteiger partial charge in [0.25, 0.3) is 0 Å². The Kier molecular flexibility index (Phi) is 5.19. The zero-order valence-electron chi connectivity index (χ0n) is 12.6. The maximum Gasteiger partial charge on any atom is 0.410 e. The lowest BCUT2D eigenvalue weighted by atomic mass is 10.0. The number of allylic oxidation sites excluding steroid dienone is 1. The molecule has 0 saturated carbocycles. The first-order chi connectivity index (χ1) is 9.28. The highest BCUT2D eigenvalue weighted by Gasteiger charge is 2.24. The van der Waals surface area contributed by atoms with Gasteiger partial charge in [0.05, 0.1) is 11.4 Å². The molecule has 1 aliphatic heterocycles. The largest absolute Gasteiger partial charge is 0.444 e. The molecule has 0 aliphatic carbocycles. The smallest absolute Gasteiger partial charge is 0.410 e. The van der Waals surface area contributed by atoms with Crippen LogP contribution in [0.25, 0.3) is 0 Å². The third-order valence-corrected chi connectivity index (χ3v) is 2.84. The number of hydrogen-bond donors (Lipinski definition) is 2. The number of aliphatic imine (C=N–C) groups is 1. The second kappa shape index (κ2) is 6.45. The van der Waals surface area contributed by atoms with Crippen molar-refractivity contribution in [1.82, 2.24) is 4.90 Å². The van der Waals surface area contributed by atoms with Crippen molar-refractivity contribution in [1.29, 1.82) is 0 Å². The Balaban J connectivity index is 2.72. The van der Waals surface area contributed by atoms with E-state index in [1.54, 1.807) is 11.9 Å². The van der Waals surface area contributed by atoms with E-state index in [9.17, 15) is 4.79 Å². The van der Waals surface area contributed by atoms with Crippen molar-refractivity contribution < 1.29 is 9.53 Å². The Morgan fingerprint density at radius 2 is 2.15 bits per heavy atom. The van der Waals surface area contributed by atoms with Gasteiger partial charge in [-0.2, -0.15) is 0 Å². The fourth-order valence-electron chi connectivity index (χ4n) is 1.91. The molecule has 0 bridgehead atoms. The second-order valence-corrected chi connectivity index (χ2v) is 5.60. The molecule has 0 fully saturated rings. The molecule has 1 heterocycles. The van der Waals surface area contributed by atoms with Crippen LogP contribution in [0, 0.1) is 0 Å². The lowest BCUT2D eigenvalue weighted by Gasteiger charge is -2.29. The maximum atomic E-state index is 11.9. The van der Waals surface area contributed by atoms with Crippen molar-refractivity contribution in [3.8, 4) is 0 Å². The van der Waals surface area contributed by atoms with Crippen molar-refractivity contribution in [3.63, 3.8) is 0 Å². The Labute approximate surface area is 120 Å². The molecule has 1 rings (SSSR count). The molecule has 0 atom stereocenters. The molecule has 0 radical (unpaired) electrons. The molecule has 112 valence electrons. The summed E-state index contributed by atoms with van der Waals surface area (Å²) in [6.45, 7) is 6.62. The Morgan fingerprint density at radius 1 is 1.50 bits per heavy atom. The standard InChI is InChI=1S/C14H24N4O2/c1-14(2,3)20-13(19)18-7-5-10(6-8-18)12(17-4)11(16)9-15/h5,9H,6-8,15-16H2,1-4H3. The quantitative estimate of drug-likeness (QED) is 0.747. The molecule has 0 aromatic carbocycles. The zero-order valence-corrected chi connectivity index (χ0v) is 12.6. The van der Waals surface area contributed by atoms with Gasteiger partial charge in [-0.15, -0.1) is 0 Å². The summed E-state index contributed by atoms with van der Waals surface area (Å²) >= 11 is 0. The number of carbonyl (C=O) groups excluding carboxylic acids is 1. The number of nitrogens with zero attached hydrogens (tertiary/aromatic N) is 2. The van der Waals surface area contributed by atoms with Gasteiger partial charge < -0.3 is 21.1 Å². The van der Waals surface area contributed by atoms with Gasteiger partial charge in [-0.1, -0.05) is 6.08 Å². The van der Waals surface area contributed by atoms with E-state index in [1.165, 1.54) is 6.20 Å². The van der Waals surface area contributed by atoms with Gasteiger partial charge in [0.15, 0.2) is 0 Å². The third kappa shape index (κ3) is 4.29. The van der Waals surface area contributed by atoms with Crippen LogP contribution < -0.4 is 11.5 Å². The monoisotopic (exact) mass is 280 g/mol. The topological polar surface area (TPSA) is 93.9 Å². The molecule has 0 saturated heterocycles. The summed E-state index contributed by atoms with van der Waals surface area (Å²) in [6, 6.07) is 0. The van der Waals surface area contributed by atoms with E-state index in [2.05, 4.69) is 4.99 Å². The predicted molar refractivity (Wildman–Crippen MR) is 80.3 cm³/mol. The molecular formula is C14H24N4O2. The van der Waals surface area contributed by atoms with Crippen LogP contribution in [0.5, 0.6) is 0 Å². The van der Waals surface area contributed by atoms with Gasteiger partial charge in [-0.25, -0.2) is 4.79 Å². The van der Waals surface area contributed by atoms with Gasteiger partial charge >= 0.3 is 6.09 Å². The van der Waals surface area contributed by atoms with Crippen LogP contribution in [0.1, 0.15) is 27.2 Å². The Hall–Kier alpha value is -1.98. The van der Waals surface area contributed by atoms with Crippen LogP contribution in [0.3, 0.4) is 0 Å². The first-order valence-corrected chi connectivity index (χ1v) is 6.60. The number of rotatable bonds is 2. The van der Waals surface area contributed by atoms with Crippen LogP contribution in [0.4, 0.5) is 4.79 Å². The number of nitrogens with two attached hydrogens (primary N) is 2. The second-order valence-electron chi connectivity index (χ2n) is 5.60. The average Bonchev–Trinajstić information content (AvgIpc) is 2.38. The molecule has 0 aromatic heterocycles. The summed E-state index contributed by atoms with van der Waals surface area (Å²) in [7, 11) is 1.67. The number of carbonyl (C=O) groups is 1. The first-order valence-electron chi connectivity index (χ1n) is 6.60. The molecule has 0 spiro atoms. The molecule has 20 heavy (non-hydrogen) atoms. The minimum Gasteiger partial charge on any atom is -0.444 e. The van der Waals surface area contributed by atoms with E-state index in [-0.39, 0.29) is 6.09 Å². The molecule has 1 amide bonds. The highest BCUT2D eigenvalue weighted by molar-refractivity contribution is 6.11. The minimum atomic E-state index is -0.482. The van der Waals surface area contributed by atoms with E-state index in [0.717, 1.165) is 5.57 Å². The number of amides is 1. The summed E-state index contributed by atoms with van der Waals surface area (Å²) in [5.41, 5.74) is 12.9. The molecule has 0 unspecified atom stereocenters. The minimum absolute atomic E-state index is 0.301. The van der Waals surface area contributed by atoms with E-state index < -0.39 is 5.60 Å². The SMILES string of the molecule is CN=C(C(N)=CN)C1=CCN(C(=O)OC(C)(C)C)CC1. The molecule has 6 nitrogen and oxygen atoms in total. The van der Waals surface area contributed by atoms with Crippen LogP contribution in [-0.2, 0) is 4.74 Å².